The van der Waals surface area contributed by atoms with E-state index in [9.17, 15) is 19.2 Å². The molecule has 8 nitrogen and oxygen atoms in total. The number of H-pyrrole nitrogens is 1. The minimum Gasteiger partial charge on any atom is -0.355 e. The maximum Gasteiger partial charge on any atom is 0.322 e. The Kier molecular flexibility index (Phi) is 4.84. The van der Waals surface area contributed by atoms with Crippen molar-refractivity contribution in [1.29, 1.82) is 0 Å². The van der Waals surface area contributed by atoms with Crippen LogP contribution in [0.25, 0.3) is 0 Å². The lowest BCUT2D eigenvalue weighted by atomic mass is 9.76. The second-order valence-electron chi connectivity index (χ2n) is 7.48. The first-order chi connectivity index (χ1) is 12.7. The summed E-state index contributed by atoms with van der Waals surface area (Å²) in [5, 5.41) is 5.14. The summed E-state index contributed by atoms with van der Waals surface area (Å²) >= 11 is 0. The van der Waals surface area contributed by atoms with E-state index in [2.05, 4.69) is 15.6 Å². The number of amides is 4. The molecule has 2 aliphatic rings. The number of piperidine rings is 1. The Balaban J connectivity index is 1.75. The molecule has 2 fully saturated rings. The number of carbonyl (C=O) groups is 4. The number of rotatable bonds is 4. The molecule has 146 valence electrons. The molecule has 8 heteroatoms. The number of nitrogens with one attached hydrogen (secondary N) is 3. The predicted octanol–water partition coefficient (Wildman–Crippen LogP) is 1.67. The van der Waals surface area contributed by atoms with Crippen LogP contribution >= 0.6 is 0 Å². The van der Waals surface area contributed by atoms with Gasteiger partial charge in [-0.2, -0.15) is 0 Å². The van der Waals surface area contributed by atoms with Crippen molar-refractivity contribution >= 4 is 23.6 Å². The number of hydrogen-bond donors (Lipinski definition) is 3. The van der Waals surface area contributed by atoms with Gasteiger partial charge in [0.15, 0.2) is 5.78 Å². The van der Waals surface area contributed by atoms with E-state index >= 15 is 0 Å². The number of carbonyl (C=O) groups excluding carboxylic acids is 4. The first kappa shape index (κ1) is 19.1. The molecule has 3 N–H and O–H groups in total. The highest BCUT2D eigenvalue weighted by molar-refractivity contribution is 6.07. The van der Waals surface area contributed by atoms with Crippen molar-refractivity contribution in [2.45, 2.75) is 52.5 Å². The van der Waals surface area contributed by atoms with Gasteiger partial charge in [-0.05, 0) is 44.6 Å². The number of ketones is 1. The van der Waals surface area contributed by atoms with Crippen molar-refractivity contribution in [2.75, 3.05) is 13.1 Å². The van der Waals surface area contributed by atoms with Gasteiger partial charge in [0.05, 0.1) is 11.3 Å². The highest BCUT2D eigenvalue weighted by Gasteiger charge is 2.51. The zero-order valence-electron chi connectivity index (χ0n) is 16.2. The van der Waals surface area contributed by atoms with Gasteiger partial charge < -0.3 is 15.2 Å². The van der Waals surface area contributed by atoms with Crippen LogP contribution < -0.4 is 10.6 Å². The number of aromatic amines is 1. The van der Waals surface area contributed by atoms with Gasteiger partial charge in [-0.15, -0.1) is 0 Å². The Labute approximate surface area is 158 Å². The van der Waals surface area contributed by atoms with Gasteiger partial charge in [0.25, 0.3) is 11.8 Å². The Morgan fingerprint density at radius 3 is 2.26 bits per heavy atom. The maximum absolute atomic E-state index is 13.0. The summed E-state index contributed by atoms with van der Waals surface area (Å²) in [7, 11) is 0. The highest BCUT2D eigenvalue weighted by atomic mass is 16.2. The third-order valence-electron chi connectivity index (χ3n) is 6.01. The Hall–Kier alpha value is -2.64. The molecule has 0 bridgehead atoms. The molecule has 1 aromatic rings. The van der Waals surface area contributed by atoms with Crippen molar-refractivity contribution in [3.8, 4) is 0 Å². The van der Waals surface area contributed by atoms with Crippen LogP contribution in [0.5, 0.6) is 0 Å². The molecule has 0 saturated carbocycles. The summed E-state index contributed by atoms with van der Waals surface area (Å²) in [5.41, 5.74) is 1.52. The Bertz CT molecular complexity index is 820. The van der Waals surface area contributed by atoms with Crippen LogP contribution in [-0.2, 0) is 4.79 Å². The number of aryl methyl sites for hydroxylation is 1. The molecule has 0 spiro atoms. The molecule has 3 heterocycles. The third-order valence-corrected chi connectivity index (χ3v) is 6.01. The fourth-order valence-corrected chi connectivity index (χ4v) is 4.49. The van der Waals surface area contributed by atoms with Gasteiger partial charge in [0.2, 0.25) is 0 Å². The molecule has 27 heavy (non-hydrogen) atoms. The summed E-state index contributed by atoms with van der Waals surface area (Å²) in [6.45, 7) is 7.96. The summed E-state index contributed by atoms with van der Waals surface area (Å²) in [4.78, 5) is 53.5. The lowest BCUT2D eigenvalue weighted by Gasteiger charge is -2.40. The van der Waals surface area contributed by atoms with Crippen molar-refractivity contribution in [3.63, 3.8) is 0 Å². The van der Waals surface area contributed by atoms with E-state index in [1.165, 1.54) is 6.92 Å². The number of Topliss-reactive ketones (excluding diaryl/α,β-unsaturated/α-hetero) is 1. The quantitative estimate of drug-likeness (QED) is 0.550. The van der Waals surface area contributed by atoms with Crippen molar-refractivity contribution < 1.29 is 19.2 Å². The summed E-state index contributed by atoms with van der Waals surface area (Å²) in [5.74, 6) is -0.485. The number of likely N-dealkylation sites (tertiary alicyclic amines) is 1. The minimum atomic E-state index is -0.881. The van der Waals surface area contributed by atoms with E-state index in [0.717, 1.165) is 0 Å². The van der Waals surface area contributed by atoms with Crippen LogP contribution in [-0.4, -0.2) is 52.1 Å². The average Bonchev–Trinajstić information content (AvgIpc) is 3.10. The molecule has 4 amide bonds. The van der Waals surface area contributed by atoms with Gasteiger partial charge in [-0.3, -0.25) is 19.7 Å². The topological polar surface area (TPSA) is 111 Å². The number of imide groups is 1. The molecule has 0 unspecified atom stereocenters. The largest absolute Gasteiger partial charge is 0.355 e. The van der Waals surface area contributed by atoms with Crippen molar-refractivity contribution in [2.24, 2.45) is 5.92 Å². The van der Waals surface area contributed by atoms with Crippen molar-refractivity contribution in [3.05, 3.63) is 22.5 Å². The van der Waals surface area contributed by atoms with Crippen LogP contribution in [0.15, 0.2) is 0 Å². The molecule has 0 radical (unpaired) electrons. The van der Waals surface area contributed by atoms with Gasteiger partial charge in [0.1, 0.15) is 5.54 Å². The highest BCUT2D eigenvalue weighted by Crippen LogP contribution is 2.34. The molecule has 1 atom stereocenters. The zero-order valence-corrected chi connectivity index (χ0v) is 16.2. The zero-order chi connectivity index (χ0) is 19.9. The lowest BCUT2D eigenvalue weighted by molar-refractivity contribution is -0.126. The van der Waals surface area contributed by atoms with Crippen molar-refractivity contribution in [1.82, 2.24) is 20.5 Å². The van der Waals surface area contributed by atoms with E-state index in [1.807, 2.05) is 6.92 Å². The monoisotopic (exact) mass is 374 g/mol. The van der Waals surface area contributed by atoms with E-state index in [-0.39, 0.29) is 23.5 Å². The second kappa shape index (κ2) is 6.83. The normalized spacial score (nSPS) is 23.3. The van der Waals surface area contributed by atoms with Gasteiger partial charge >= 0.3 is 6.03 Å². The Morgan fingerprint density at radius 1 is 1.19 bits per heavy atom. The summed E-state index contributed by atoms with van der Waals surface area (Å²) < 4.78 is 0. The summed E-state index contributed by atoms with van der Waals surface area (Å²) in [6.07, 6.45) is 1.78. The smallest absolute Gasteiger partial charge is 0.322 e. The molecule has 2 saturated heterocycles. The lowest BCUT2D eigenvalue weighted by Crippen LogP contribution is -2.56. The van der Waals surface area contributed by atoms with E-state index in [4.69, 9.17) is 0 Å². The molecular weight excluding hydrogens is 348 g/mol. The fraction of sp³-hybridized carbons (Fsp3) is 0.579. The molecule has 3 rings (SSSR count). The average molecular weight is 374 g/mol. The maximum atomic E-state index is 13.0. The molecule has 1 aromatic heterocycles. The summed E-state index contributed by atoms with van der Waals surface area (Å²) in [6, 6.07) is -0.448. The first-order valence-corrected chi connectivity index (χ1v) is 9.34. The van der Waals surface area contributed by atoms with Crippen LogP contribution in [0.4, 0.5) is 4.79 Å². The number of hydrogen-bond acceptors (Lipinski definition) is 4. The standard InChI is InChI=1S/C19H26N4O4/c1-5-19(17(26)21-18(27)22-19)13-6-8-23(9-7-13)16(25)14-10(2)15(12(4)24)20-11(14)3/h13,20H,5-9H2,1-4H3,(H2,21,22,26,27)/t19-/m0/s1. The fourth-order valence-electron chi connectivity index (χ4n) is 4.49. The van der Waals surface area contributed by atoms with Crippen LogP contribution in [0.2, 0.25) is 0 Å². The van der Waals surface area contributed by atoms with Gasteiger partial charge in [-0.1, -0.05) is 6.92 Å². The number of urea groups is 1. The van der Waals surface area contributed by atoms with Gasteiger partial charge in [0, 0.05) is 25.7 Å². The predicted molar refractivity (Wildman–Crippen MR) is 98.6 cm³/mol. The number of aromatic nitrogens is 1. The van der Waals surface area contributed by atoms with Crippen LogP contribution in [0.3, 0.4) is 0 Å². The molecule has 0 aliphatic carbocycles. The second-order valence-corrected chi connectivity index (χ2v) is 7.48. The van der Waals surface area contributed by atoms with Crippen LogP contribution in [0, 0.1) is 19.8 Å². The SMILES string of the molecule is CC[C@@]1(C2CCN(C(=O)c3c(C)[nH]c(C(C)=O)c3C)CC2)NC(=O)NC1=O. The third kappa shape index (κ3) is 3.02. The van der Waals surface area contributed by atoms with E-state index in [1.54, 1.807) is 18.7 Å². The van der Waals surface area contributed by atoms with E-state index in [0.29, 0.717) is 54.9 Å². The Morgan fingerprint density at radius 2 is 1.81 bits per heavy atom. The van der Waals surface area contributed by atoms with E-state index < -0.39 is 11.6 Å². The first-order valence-electron chi connectivity index (χ1n) is 9.34. The van der Waals surface area contributed by atoms with Crippen LogP contribution in [0.1, 0.15) is 65.2 Å². The molecular formula is C19H26N4O4. The molecule has 0 aromatic carbocycles. The minimum absolute atomic E-state index is 0.0146. The number of nitrogens with zero attached hydrogens (tertiary/aromatic N) is 1. The van der Waals surface area contributed by atoms with Gasteiger partial charge in [-0.25, -0.2) is 4.79 Å². The molecule has 2 aliphatic heterocycles.